The van der Waals surface area contributed by atoms with Crippen LogP contribution >= 0.6 is 11.9 Å². The highest BCUT2D eigenvalue weighted by Crippen LogP contribution is 2.23. The predicted octanol–water partition coefficient (Wildman–Crippen LogP) is 3.51. The fourth-order valence-electron chi connectivity index (χ4n) is 1.56. The van der Waals surface area contributed by atoms with E-state index >= 15 is 0 Å². The van der Waals surface area contributed by atoms with Crippen LogP contribution in [0.2, 0.25) is 0 Å². The summed E-state index contributed by atoms with van der Waals surface area (Å²) in [5, 5.41) is 0. The molecule has 0 bridgehead atoms. The minimum absolute atomic E-state index is 0.125. The molecule has 0 aromatic rings. The van der Waals surface area contributed by atoms with Crippen molar-refractivity contribution in [3.8, 4) is 0 Å². The number of hydrogen-bond acceptors (Lipinski definition) is 2. The lowest BCUT2D eigenvalue weighted by atomic mass is 9.96. The number of nitrogens with one attached hydrogen (secondary N) is 1. The van der Waals surface area contributed by atoms with Crippen molar-refractivity contribution in [2.75, 3.05) is 5.75 Å². The normalized spacial score (nSPS) is 19.9. The molecule has 0 aliphatic heterocycles. The van der Waals surface area contributed by atoms with E-state index in [1.54, 1.807) is 0 Å². The first-order valence-electron chi connectivity index (χ1n) is 5.02. The molecular weight excluding hydrogens is 211 g/mol. The second-order valence-corrected chi connectivity index (χ2v) is 4.60. The molecule has 1 N–H and O–H groups in total. The van der Waals surface area contributed by atoms with E-state index in [0.717, 1.165) is 12.8 Å². The van der Waals surface area contributed by atoms with Crippen LogP contribution in [0.4, 0.5) is 13.2 Å². The van der Waals surface area contributed by atoms with Crippen molar-refractivity contribution in [1.29, 1.82) is 0 Å². The predicted molar refractivity (Wildman–Crippen MR) is 53.1 cm³/mol. The maximum atomic E-state index is 11.8. The van der Waals surface area contributed by atoms with Crippen LogP contribution < -0.4 is 4.72 Å². The van der Waals surface area contributed by atoms with E-state index in [2.05, 4.69) is 4.72 Å². The number of hydrogen-bond donors (Lipinski definition) is 1. The largest absolute Gasteiger partial charge is 0.389 e. The van der Waals surface area contributed by atoms with E-state index in [1.165, 1.54) is 31.2 Å². The summed E-state index contributed by atoms with van der Waals surface area (Å²) in [5.74, 6) is 0.125. The van der Waals surface area contributed by atoms with Crippen molar-refractivity contribution >= 4 is 11.9 Å². The number of alkyl halides is 3. The van der Waals surface area contributed by atoms with Gasteiger partial charge in [0.25, 0.3) is 0 Å². The van der Waals surface area contributed by atoms with Crippen LogP contribution in [-0.4, -0.2) is 18.0 Å². The van der Waals surface area contributed by atoms with Crippen molar-refractivity contribution in [3.63, 3.8) is 0 Å². The summed E-state index contributed by atoms with van der Waals surface area (Å²) in [6.45, 7) is 0. The summed E-state index contributed by atoms with van der Waals surface area (Å²) in [6.07, 6.45) is 1.19. The molecule has 0 unspecified atom stereocenters. The van der Waals surface area contributed by atoms with Crippen LogP contribution in [-0.2, 0) is 0 Å². The maximum absolute atomic E-state index is 11.8. The molecule has 84 valence electrons. The van der Waals surface area contributed by atoms with Gasteiger partial charge >= 0.3 is 6.18 Å². The topological polar surface area (TPSA) is 12.0 Å². The average Bonchev–Trinajstić information content (AvgIpc) is 2.13. The van der Waals surface area contributed by atoms with Crippen molar-refractivity contribution in [1.82, 2.24) is 4.72 Å². The standard InChI is InChI=1S/C9H16F3NS/c10-9(11,12)6-7-14-13-8-4-2-1-3-5-8/h8,13H,1-7H2. The molecule has 0 aromatic heterocycles. The second-order valence-electron chi connectivity index (χ2n) is 3.67. The zero-order valence-electron chi connectivity index (χ0n) is 8.07. The fraction of sp³-hybridized carbons (Fsp3) is 1.00. The van der Waals surface area contributed by atoms with Crippen LogP contribution in [0.5, 0.6) is 0 Å². The molecule has 14 heavy (non-hydrogen) atoms. The molecule has 0 spiro atoms. The molecule has 0 radical (unpaired) electrons. The molecule has 0 saturated heterocycles. The fourth-order valence-corrected chi connectivity index (χ4v) is 2.49. The van der Waals surface area contributed by atoms with Crippen LogP contribution in [0.25, 0.3) is 0 Å². The number of halogens is 3. The van der Waals surface area contributed by atoms with E-state index in [4.69, 9.17) is 0 Å². The first-order valence-corrected chi connectivity index (χ1v) is 6.00. The number of rotatable bonds is 4. The molecule has 1 rings (SSSR count). The average molecular weight is 227 g/mol. The molecule has 1 aliphatic carbocycles. The van der Waals surface area contributed by atoms with Gasteiger partial charge in [-0.25, -0.2) is 0 Å². The van der Waals surface area contributed by atoms with E-state index < -0.39 is 12.6 Å². The zero-order chi connectivity index (χ0) is 10.4. The Bertz CT molecular complexity index is 155. The molecule has 0 heterocycles. The van der Waals surface area contributed by atoms with Gasteiger partial charge in [-0.3, -0.25) is 4.72 Å². The van der Waals surface area contributed by atoms with Crippen molar-refractivity contribution in [3.05, 3.63) is 0 Å². The minimum Gasteiger partial charge on any atom is -0.261 e. The SMILES string of the molecule is FC(F)(F)CCSNC1CCCCC1. The highest BCUT2D eigenvalue weighted by molar-refractivity contribution is 7.97. The van der Waals surface area contributed by atoms with Gasteiger partial charge < -0.3 is 0 Å². The van der Waals surface area contributed by atoms with Crippen LogP contribution in [0.15, 0.2) is 0 Å². The smallest absolute Gasteiger partial charge is 0.261 e. The summed E-state index contributed by atoms with van der Waals surface area (Å²) in [5.41, 5.74) is 0. The Balaban J connectivity index is 1.97. The van der Waals surface area contributed by atoms with E-state index in [0.29, 0.717) is 6.04 Å². The van der Waals surface area contributed by atoms with Crippen LogP contribution in [0, 0.1) is 0 Å². The summed E-state index contributed by atoms with van der Waals surface area (Å²) in [7, 11) is 0. The maximum Gasteiger partial charge on any atom is 0.389 e. The third-order valence-corrected chi connectivity index (χ3v) is 3.25. The Kier molecular flexibility index (Phi) is 5.09. The summed E-state index contributed by atoms with van der Waals surface area (Å²) < 4.78 is 38.5. The molecule has 1 fully saturated rings. The van der Waals surface area contributed by atoms with Gasteiger partial charge in [-0.2, -0.15) is 13.2 Å². The van der Waals surface area contributed by atoms with Gasteiger partial charge in [-0.15, -0.1) is 0 Å². The van der Waals surface area contributed by atoms with Crippen LogP contribution in [0.3, 0.4) is 0 Å². The Morgan fingerprint density at radius 1 is 1.14 bits per heavy atom. The first kappa shape index (κ1) is 12.2. The van der Waals surface area contributed by atoms with Crippen molar-refractivity contribution in [2.24, 2.45) is 0 Å². The molecule has 0 aromatic carbocycles. The van der Waals surface area contributed by atoms with E-state index in [-0.39, 0.29) is 5.75 Å². The van der Waals surface area contributed by atoms with Gasteiger partial charge in [-0.1, -0.05) is 31.2 Å². The molecule has 0 amide bonds. The Labute approximate surface area is 87.0 Å². The summed E-state index contributed by atoms with van der Waals surface area (Å²) in [4.78, 5) is 0. The summed E-state index contributed by atoms with van der Waals surface area (Å²) in [6, 6.07) is 0.432. The molecular formula is C9H16F3NS. The molecule has 1 aliphatic rings. The molecule has 1 saturated carbocycles. The van der Waals surface area contributed by atoms with Crippen molar-refractivity contribution < 1.29 is 13.2 Å². The quantitative estimate of drug-likeness (QED) is 0.582. The highest BCUT2D eigenvalue weighted by Gasteiger charge is 2.26. The van der Waals surface area contributed by atoms with Gasteiger partial charge in [0.05, 0.1) is 6.42 Å². The van der Waals surface area contributed by atoms with E-state index in [1.807, 2.05) is 0 Å². The Morgan fingerprint density at radius 2 is 1.79 bits per heavy atom. The van der Waals surface area contributed by atoms with Gasteiger partial charge in [-0.05, 0) is 12.8 Å². The Morgan fingerprint density at radius 3 is 2.36 bits per heavy atom. The van der Waals surface area contributed by atoms with Gasteiger partial charge in [0.1, 0.15) is 0 Å². The molecule has 0 atom stereocenters. The third kappa shape index (κ3) is 5.75. The lowest BCUT2D eigenvalue weighted by Gasteiger charge is -2.22. The van der Waals surface area contributed by atoms with Crippen LogP contribution in [0.1, 0.15) is 38.5 Å². The Hall–Kier alpha value is 0.1000. The zero-order valence-corrected chi connectivity index (χ0v) is 8.89. The first-order chi connectivity index (χ1) is 6.58. The third-order valence-electron chi connectivity index (χ3n) is 2.34. The van der Waals surface area contributed by atoms with Crippen molar-refractivity contribution in [2.45, 2.75) is 50.7 Å². The highest BCUT2D eigenvalue weighted by atomic mass is 32.2. The van der Waals surface area contributed by atoms with Gasteiger partial charge in [0.15, 0.2) is 0 Å². The molecule has 5 heteroatoms. The van der Waals surface area contributed by atoms with Gasteiger partial charge in [0, 0.05) is 11.8 Å². The lowest BCUT2D eigenvalue weighted by molar-refractivity contribution is -0.129. The monoisotopic (exact) mass is 227 g/mol. The second kappa shape index (κ2) is 5.85. The minimum atomic E-state index is -4.01. The molecule has 1 nitrogen and oxygen atoms in total. The van der Waals surface area contributed by atoms with E-state index in [9.17, 15) is 13.2 Å². The lowest BCUT2D eigenvalue weighted by Crippen LogP contribution is -2.26. The summed E-state index contributed by atoms with van der Waals surface area (Å²) >= 11 is 1.22. The van der Waals surface area contributed by atoms with Gasteiger partial charge in [0.2, 0.25) is 0 Å².